The third-order valence-electron chi connectivity index (χ3n) is 3.57. The molecule has 2 N–H and O–H groups in total. The number of hydrogen-bond donors (Lipinski definition) is 2. The lowest BCUT2D eigenvalue weighted by atomic mass is 10.1. The molecular weight excluding hydrogens is 224 g/mol. The van der Waals surface area contributed by atoms with E-state index in [9.17, 15) is 0 Å². The zero-order valence-electron chi connectivity index (χ0n) is 11.2. The maximum absolute atomic E-state index is 4.43. The summed E-state index contributed by atoms with van der Waals surface area (Å²) in [7, 11) is 2.02. The van der Waals surface area contributed by atoms with E-state index in [1.807, 2.05) is 19.3 Å². The Bertz CT molecular complexity index is 322. The molecule has 18 heavy (non-hydrogen) atoms. The Balaban J connectivity index is 1.73. The van der Waals surface area contributed by atoms with E-state index in [1.165, 1.54) is 26.1 Å². The number of nitrogens with zero attached hydrogens (tertiary/aromatic N) is 2. The van der Waals surface area contributed by atoms with Crippen molar-refractivity contribution in [2.75, 3.05) is 39.8 Å². The lowest BCUT2D eigenvalue weighted by Crippen LogP contribution is -2.43. The summed E-state index contributed by atoms with van der Waals surface area (Å²) in [5.41, 5.74) is 1.15. The summed E-state index contributed by atoms with van der Waals surface area (Å²) in [4.78, 5) is 6.97. The Morgan fingerprint density at radius 3 is 2.89 bits per heavy atom. The summed E-state index contributed by atoms with van der Waals surface area (Å²) in [6, 6.07) is 6.51. The molecule has 1 unspecified atom stereocenters. The topological polar surface area (TPSA) is 40.2 Å². The van der Waals surface area contributed by atoms with E-state index in [0.29, 0.717) is 6.04 Å². The van der Waals surface area contributed by atoms with Crippen molar-refractivity contribution in [3.05, 3.63) is 30.1 Å². The third kappa shape index (κ3) is 4.05. The zero-order valence-corrected chi connectivity index (χ0v) is 11.2. The number of hydrogen-bond acceptors (Lipinski definition) is 4. The van der Waals surface area contributed by atoms with Crippen LogP contribution in [0.15, 0.2) is 24.4 Å². The largest absolute Gasteiger partial charge is 0.314 e. The molecule has 0 aromatic carbocycles. The van der Waals surface area contributed by atoms with Crippen LogP contribution in [-0.4, -0.2) is 49.7 Å². The second-order valence-corrected chi connectivity index (χ2v) is 4.83. The molecule has 2 rings (SSSR count). The van der Waals surface area contributed by atoms with Gasteiger partial charge in [-0.15, -0.1) is 0 Å². The van der Waals surface area contributed by atoms with E-state index < -0.39 is 0 Å². The Hall–Kier alpha value is -0.970. The van der Waals surface area contributed by atoms with Gasteiger partial charge in [0.05, 0.1) is 5.69 Å². The Labute approximate surface area is 110 Å². The molecule has 0 aliphatic carbocycles. The molecule has 0 spiro atoms. The van der Waals surface area contributed by atoms with Gasteiger partial charge in [0.25, 0.3) is 0 Å². The first-order valence-corrected chi connectivity index (χ1v) is 6.91. The fraction of sp³-hybridized carbons (Fsp3) is 0.643. The average molecular weight is 248 g/mol. The van der Waals surface area contributed by atoms with Crippen molar-refractivity contribution in [2.45, 2.75) is 18.9 Å². The molecule has 0 amide bonds. The van der Waals surface area contributed by atoms with Crippen LogP contribution in [0.3, 0.4) is 0 Å². The van der Waals surface area contributed by atoms with Crippen molar-refractivity contribution >= 4 is 0 Å². The molecule has 100 valence electrons. The molecule has 1 aromatic heterocycles. The lowest BCUT2D eigenvalue weighted by molar-refractivity contribution is 0.233. The molecule has 1 aliphatic heterocycles. The first-order chi connectivity index (χ1) is 8.90. The second kappa shape index (κ2) is 7.46. The SMILES string of the molecule is CNC(CCCN1CCNCC1)c1ccccn1. The summed E-state index contributed by atoms with van der Waals surface area (Å²) >= 11 is 0. The summed E-state index contributed by atoms with van der Waals surface area (Å²) in [5, 5.41) is 6.75. The zero-order chi connectivity index (χ0) is 12.6. The molecule has 4 nitrogen and oxygen atoms in total. The molecule has 4 heteroatoms. The van der Waals surface area contributed by atoms with Crippen LogP contribution in [0.2, 0.25) is 0 Å². The van der Waals surface area contributed by atoms with Crippen LogP contribution in [-0.2, 0) is 0 Å². The van der Waals surface area contributed by atoms with Gasteiger partial charge in [-0.2, -0.15) is 0 Å². The van der Waals surface area contributed by atoms with Gasteiger partial charge in [-0.3, -0.25) is 4.98 Å². The van der Waals surface area contributed by atoms with Gasteiger partial charge in [0, 0.05) is 38.4 Å². The quantitative estimate of drug-likeness (QED) is 0.789. The molecule has 1 saturated heterocycles. The Morgan fingerprint density at radius 2 is 2.22 bits per heavy atom. The standard InChI is InChI=1S/C14H24N4/c1-15-13(14-5-2-3-7-17-14)6-4-10-18-11-8-16-9-12-18/h2-3,5,7,13,15-16H,4,6,8-12H2,1H3. The normalized spacial score (nSPS) is 18.7. The summed E-state index contributed by atoms with van der Waals surface area (Å²) < 4.78 is 0. The van der Waals surface area contributed by atoms with E-state index in [0.717, 1.165) is 25.2 Å². The minimum atomic E-state index is 0.383. The van der Waals surface area contributed by atoms with Crippen molar-refractivity contribution in [2.24, 2.45) is 0 Å². The van der Waals surface area contributed by atoms with Gasteiger partial charge in [0.2, 0.25) is 0 Å². The molecule has 1 atom stereocenters. The number of nitrogens with one attached hydrogen (secondary N) is 2. The van der Waals surface area contributed by atoms with Crippen LogP contribution in [0.25, 0.3) is 0 Å². The van der Waals surface area contributed by atoms with Gasteiger partial charge in [0.15, 0.2) is 0 Å². The fourth-order valence-corrected chi connectivity index (χ4v) is 2.48. The van der Waals surface area contributed by atoms with E-state index in [4.69, 9.17) is 0 Å². The molecule has 1 fully saturated rings. The van der Waals surface area contributed by atoms with Crippen molar-refractivity contribution in [1.29, 1.82) is 0 Å². The molecule has 1 aromatic rings. The predicted molar refractivity (Wildman–Crippen MR) is 74.6 cm³/mol. The number of rotatable bonds is 6. The highest BCUT2D eigenvalue weighted by atomic mass is 15.2. The van der Waals surface area contributed by atoms with Crippen LogP contribution >= 0.6 is 0 Å². The van der Waals surface area contributed by atoms with E-state index in [1.54, 1.807) is 0 Å². The number of aromatic nitrogens is 1. The van der Waals surface area contributed by atoms with Gasteiger partial charge in [-0.1, -0.05) is 6.07 Å². The van der Waals surface area contributed by atoms with E-state index >= 15 is 0 Å². The molecule has 0 radical (unpaired) electrons. The van der Waals surface area contributed by atoms with Crippen molar-refractivity contribution < 1.29 is 0 Å². The van der Waals surface area contributed by atoms with E-state index in [-0.39, 0.29) is 0 Å². The number of piperazine rings is 1. The van der Waals surface area contributed by atoms with Crippen molar-refractivity contribution in [3.63, 3.8) is 0 Å². The van der Waals surface area contributed by atoms with Crippen LogP contribution in [0.5, 0.6) is 0 Å². The van der Waals surface area contributed by atoms with Gasteiger partial charge in [0.1, 0.15) is 0 Å². The van der Waals surface area contributed by atoms with Gasteiger partial charge < -0.3 is 15.5 Å². The smallest absolute Gasteiger partial charge is 0.0573 e. The minimum absolute atomic E-state index is 0.383. The summed E-state index contributed by atoms with van der Waals surface area (Å²) in [5.74, 6) is 0. The van der Waals surface area contributed by atoms with Gasteiger partial charge in [-0.05, 0) is 38.6 Å². The Kier molecular flexibility index (Phi) is 5.58. The van der Waals surface area contributed by atoms with Crippen molar-refractivity contribution in [3.8, 4) is 0 Å². The van der Waals surface area contributed by atoms with E-state index in [2.05, 4.69) is 32.7 Å². The van der Waals surface area contributed by atoms with Crippen LogP contribution in [0, 0.1) is 0 Å². The minimum Gasteiger partial charge on any atom is -0.314 e. The number of pyridine rings is 1. The first-order valence-electron chi connectivity index (χ1n) is 6.91. The summed E-state index contributed by atoms with van der Waals surface area (Å²) in [6.45, 7) is 5.85. The highest BCUT2D eigenvalue weighted by molar-refractivity contribution is 5.08. The highest BCUT2D eigenvalue weighted by Crippen LogP contribution is 2.15. The molecule has 0 bridgehead atoms. The predicted octanol–water partition coefficient (Wildman–Crippen LogP) is 1.03. The van der Waals surface area contributed by atoms with Crippen molar-refractivity contribution in [1.82, 2.24) is 20.5 Å². The maximum atomic E-state index is 4.43. The lowest BCUT2D eigenvalue weighted by Gasteiger charge is -2.27. The molecular formula is C14H24N4. The second-order valence-electron chi connectivity index (χ2n) is 4.83. The third-order valence-corrected chi connectivity index (χ3v) is 3.57. The Morgan fingerprint density at radius 1 is 1.39 bits per heavy atom. The van der Waals surface area contributed by atoms with Crippen LogP contribution < -0.4 is 10.6 Å². The average Bonchev–Trinajstić information content (AvgIpc) is 2.46. The van der Waals surface area contributed by atoms with Crippen LogP contribution in [0.1, 0.15) is 24.6 Å². The highest BCUT2D eigenvalue weighted by Gasteiger charge is 2.12. The van der Waals surface area contributed by atoms with Gasteiger partial charge in [-0.25, -0.2) is 0 Å². The molecule has 1 aliphatic rings. The van der Waals surface area contributed by atoms with Crippen LogP contribution in [0.4, 0.5) is 0 Å². The fourth-order valence-electron chi connectivity index (χ4n) is 2.48. The molecule has 0 saturated carbocycles. The monoisotopic (exact) mass is 248 g/mol. The summed E-state index contributed by atoms with van der Waals surface area (Å²) in [6.07, 6.45) is 4.25. The van der Waals surface area contributed by atoms with Gasteiger partial charge >= 0.3 is 0 Å². The molecule has 2 heterocycles. The first kappa shape index (κ1) is 13.5. The maximum Gasteiger partial charge on any atom is 0.0573 e.